The van der Waals surface area contributed by atoms with Crippen molar-refractivity contribution in [3.05, 3.63) is 12.2 Å². The molecule has 0 saturated carbocycles. The first-order chi connectivity index (χ1) is 14.9. The molecule has 0 rings (SSSR count). The van der Waals surface area contributed by atoms with Crippen LogP contribution in [0.15, 0.2) is 12.2 Å². The molecule has 0 fully saturated rings. The zero-order chi connectivity index (χ0) is 23.3. The first-order valence-electron chi connectivity index (χ1n) is 12.2. The highest BCUT2D eigenvalue weighted by Crippen LogP contribution is 2.10. The molecule has 7 heteroatoms. The summed E-state index contributed by atoms with van der Waals surface area (Å²) in [6.45, 7) is 1.29. The molecular formula is C24H47NO6. The van der Waals surface area contributed by atoms with E-state index < -0.39 is 31.0 Å². The fourth-order valence-corrected chi connectivity index (χ4v) is 3.35. The van der Waals surface area contributed by atoms with Crippen molar-refractivity contribution >= 4 is 5.91 Å². The molecule has 6 N–H and O–H groups in total. The van der Waals surface area contributed by atoms with E-state index >= 15 is 0 Å². The van der Waals surface area contributed by atoms with Gasteiger partial charge in [-0.1, -0.05) is 70.4 Å². The van der Waals surface area contributed by atoms with Gasteiger partial charge in [0.2, 0.25) is 5.91 Å². The smallest absolute Gasteiger partial charge is 0.220 e. The summed E-state index contributed by atoms with van der Waals surface area (Å²) in [7, 11) is 0. The summed E-state index contributed by atoms with van der Waals surface area (Å²) in [5.74, 6) is -0.221. The van der Waals surface area contributed by atoms with Crippen LogP contribution in [0.5, 0.6) is 0 Å². The molecule has 0 spiro atoms. The predicted molar refractivity (Wildman–Crippen MR) is 124 cm³/mol. The Morgan fingerprint density at radius 2 is 1.23 bits per heavy atom. The maximum absolute atomic E-state index is 11.8. The molecule has 7 nitrogen and oxygen atoms in total. The first kappa shape index (κ1) is 30.0. The quantitative estimate of drug-likeness (QED) is 0.119. The van der Waals surface area contributed by atoms with E-state index in [9.17, 15) is 25.2 Å². The minimum atomic E-state index is -1.68. The lowest BCUT2D eigenvalue weighted by Gasteiger charge is -2.25. The Kier molecular flexibility index (Phi) is 20.2. The number of allylic oxidation sites excluding steroid dienone is 2. The zero-order valence-corrected chi connectivity index (χ0v) is 19.4. The standard InChI is InChI=1S/C24H47NO6/c1-2-3-4-5-6-7-8-9-10-11-12-13-14-15-16-17-22(29)25-18-20(27)23(30)24(31)21(28)19-26/h9-10,20-21,23-24,26-28,30-31H,2-8,11-19H2,1H3,(H,25,29)/b10-9-/t20-,21+,23+,24+/m0/s1. The average Bonchev–Trinajstić information content (AvgIpc) is 2.78. The molecule has 0 unspecified atom stereocenters. The summed E-state index contributed by atoms with van der Waals surface area (Å²) in [6, 6.07) is 0. The highest BCUT2D eigenvalue weighted by Gasteiger charge is 2.30. The Morgan fingerprint density at radius 1 is 0.742 bits per heavy atom. The Labute approximate surface area is 188 Å². The third-order valence-electron chi connectivity index (χ3n) is 5.50. The highest BCUT2D eigenvalue weighted by atomic mass is 16.4. The maximum Gasteiger partial charge on any atom is 0.220 e. The summed E-state index contributed by atoms with van der Waals surface area (Å²) in [5.41, 5.74) is 0. The molecule has 0 aromatic rings. The molecule has 4 atom stereocenters. The predicted octanol–water partition coefficient (Wildman–Crippen LogP) is 2.58. The summed E-state index contributed by atoms with van der Waals surface area (Å²) < 4.78 is 0. The molecule has 0 saturated heterocycles. The summed E-state index contributed by atoms with van der Waals surface area (Å²) >= 11 is 0. The van der Waals surface area contributed by atoms with Crippen LogP contribution in [0.25, 0.3) is 0 Å². The zero-order valence-electron chi connectivity index (χ0n) is 19.4. The lowest BCUT2D eigenvalue weighted by Crippen LogP contribution is -2.49. The van der Waals surface area contributed by atoms with Gasteiger partial charge in [-0.2, -0.15) is 0 Å². The molecule has 0 aromatic carbocycles. The summed E-state index contributed by atoms with van der Waals surface area (Å²) in [4.78, 5) is 11.8. The van der Waals surface area contributed by atoms with Crippen LogP contribution in [0.4, 0.5) is 0 Å². The number of hydrogen-bond acceptors (Lipinski definition) is 6. The Bertz CT molecular complexity index is 446. The maximum atomic E-state index is 11.8. The van der Waals surface area contributed by atoms with Crippen molar-refractivity contribution in [3.8, 4) is 0 Å². The lowest BCUT2D eigenvalue weighted by atomic mass is 10.0. The number of carbonyl (C=O) groups is 1. The number of rotatable bonds is 21. The Balaban J connectivity index is 3.55. The minimum Gasteiger partial charge on any atom is -0.394 e. The molecule has 0 heterocycles. The third kappa shape index (κ3) is 17.3. The van der Waals surface area contributed by atoms with Crippen molar-refractivity contribution in [2.75, 3.05) is 13.2 Å². The van der Waals surface area contributed by atoms with E-state index in [1.807, 2.05) is 0 Å². The summed E-state index contributed by atoms with van der Waals surface area (Å²) in [5, 5.41) is 49.5. The fourth-order valence-electron chi connectivity index (χ4n) is 3.35. The largest absolute Gasteiger partial charge is 0.394 e. The van der Waals surface area contributed by atoms with Crippen LogP contribution in [-0.2, 0) is 4.79 Å². The highest BCUT2D eigenvalue weighted by molar-refractivity contribution is 5.75. The molecule has 0 bridgehead atoms. The third-order valence-corrected chi connectivity index (χ3v) is 5.50. The molecule has 31 heavy (non-hydrogen) atoms. The summed E-state index contributed by atoms with van der Waals surface area (Å²) in [6.07, 6.45) is 14.1. The van der Waals surface area contributed by atoms with E-state index in [1.54, 1.807) is 0 Å². The van der Waals surface area contributed by atoms with Gasteiger partial charge in [0, 0.05) is 13.0 Å². The van der Waals surface area contributed by atoms with Crippen molar-refractivity contribution in [2.24, 2.45) is 0 Å². The number of hydrogen-bond donors (Lipinski definition) is 6. The second-order valence-corrected chi connectivity index (χ2v) is 8.44. The number of amides is 1. The van der Waals surface area contributed by atoms with Gasteiger partial charge >= 0.3 is 0 Å². The molecule has 0 aromatic heterocycles. The monoisotopic (exact) mass is 445 g/mol. The van der Waals surface area contributed by atoms with Crippen molar-refractivity contribution in [2.45, 2.75) is 121 Å². The van der Waals surface area contributed by atoms with Crippen LogP contribution in [0.3, 0.4) is 0 Å². The van der Waals surface area contributed by atoms with E-state index in [4.69, 9.17) is 5.11 Å². The van der Waals surface area contributed by atoms with Crippen molar-refractivity contribution in [1.29, 1.82) is 0 Å². The number of aliphatic hydroxyl groups excluding tert-OH is 5. The SMILES string of the molecule is CCCCCCCC/C=C\CCCCCCCC(=O)NC[C@H](O)[C@@H](O)[C@H](O)[C@H](O)CO. The molecular weight excluding hydrogens is 398 g/mol. The van der Waals surface area contributed by atoms with Gasteiger partial charge in [0.1, 0.15) is 18.3 Å². The molecule has 0 radical (unpaired) electrons. The minimum absolute atomic E-state index is 0.221. The number of aliphatic hydroxyl groups is 5. The van der Waals surface area contributed by atoms with E-state index in [0.717, 1.165) is 32.1 Å². The topological polar surface area (TPSA) is 130 Å². The van der Waals surface area contributed by atoms with Gasteiger partial charge in [-0.15, -0.1) is 0 Å². The van der Waals surface area contributed by atoms with Gasteiger partial charge in [0.15, 0.2) is 0 Å². The molecule has 0 aliphatic rings. The molecule has 184 valence electrons. The van der Waals surface area contributed by atoms with E-state index in [1.165, 1.54) is 51.4 Å². The van der Waals surface area contributed by atoms with Crippen LogP contribution < -0.4 is 5.32 Å². The first-order valence-corrected chi connectivity index (χ1v) is 12.2. The van der Waals surface area contributed by atoms with Crippen LogP contribution in [0.1, 0.15) is 96.8 Å². The molecule has 0 aliphatic carbocycles. The number of unbranched alkanes of at least 4 members (excludes halogenated alkanes) is 11. The van der Waals surface area contributed by atoms with Crippen LogP contribution in [0.2, 0.25) is 0 Å². The van der Waals surface area contributed by atoms with Gasteiger partial charge in [-0.25, -0.2) is 0 Å². The van der Waals surface area contributed by atoms with Crippen molar-refractivity contribution in [3.63, 3.8) is 0 Å². The van der Waals surface area contributed by atoms with Crippen LogP contribution in [-0.4, -0.2) is 69.0 Å². The van der Waals surface area contributed by atoms with Gasteiger partial charge in [0.05, 0.1) is 12.7 Å². The Morgan fingerprint density at radius 3 is 1.77 bits per heavy atom. The Hall–Kier alpha value is -0.990. The van der Waals surface area contributed by atoms with Crippen molar-refractivity contribution in [1.82, 2.24) is 5.32 Å². The van der Waals surface area contributed by atoms with Crippen molar-refractivity contribution < 1.29 is 30.3 Å². The van der Waals surface area contributed by atoms with Gasteiger partial charge < -0.3 is 30.8 Å². The van der Waals surface area contributed by atoms with Gasteiger partial charge in [-0.05, 0) is 32.1 Å². The molecule has 0 aliphatic heterocycles. The van der Waals surface area contributed by atoms with Gasteiger partial charge in [-0.3, -0.25) is 4.79 Å². The normalized spacial score (nSPS) is 15.7. The number of carbonyl (C=O) groups excluding carboxylic acids is 1. The second kappa shape index (κ2) is 20.9. The van der Waals surface area contributed by atoms with E-state index in [2.05, 4.69) is 24.4 Å². The van der Waals surface area contributed by atoms with E-state index in [0.29, 0.717) is 6.42 Å². The van der Waals surface area contributed by atoms with E-state index in [-0.39, 0.29) is 12.5 Å². The molecule has 1 amide bonds. The number of nitrogens with one attached hydrogen (secondary N) is 1. The van der Waals surface area contributed by atoms with Crippen LogP contribution in [0, 0.1) is 0 Å². The second-order valence-electron chi connectivity index (χ2n) is 8.44. The van der Waals surface area contributed by atoms with Crippen LogP contribution >= 0.6 is 0 Å². The lowest BCUT2D eigenvalue weighted by molar-refractivity contribution is -0.126. The van der Waals surface area contributed by atoms with Gasteiger partial charge in [0.25, 0.3) is 0 Å². The fraction of sp³-hybridized carbons (Fsp3) is 0.875. The average molecular weight is 446 g/mol.